The molecule has 0 aliphatic heterocycles. The van der Waals surface area contributed by atoms with Gasteiger partial charge < -0.3 is 4.74 Å². The molecule has 0 saturated heterocycles. The lowest BCUT2D eigenvalue weighted by molar-refractivity contribution is 0.0603. The maximum Gasteiger partial charge on any atom is 0.338 e. The molecule has 0 radical (unpaired) electrons. The van der Waals surface area contributed by atoms with Crippen LogP contribution in [0.15, 0.2) is 48.5 Å². The number of rotatable bonds is 3. The number of nitrogens with zero attached hydrogens (tertiary/aromatic N) is 1. The number of esters is 1. The molecule has 1 aromatic heterocycles. The molecule has 2 aromatic carbocycles. The summed E-state index contributed by atoms with van der Waals surface area (Å²) in [6.07, 6.45) is 0.842. The second kappa shape index (κ2) is 6.39. The summed E-state index contributed by atoms with van der Waals surface area (Å²) in [7, 11) is 1.39. The Kier molecular flexibility index (Phi) is 4.30. The summed E-state index contributed by atoms with van der Waals surface area (Å²) in [5.41, 5.74) is 4.10. The van der Waals surface area contributed by atoms with Gasteiger partial charge >= 0.3 is 5.97 Å². The Morgan fingerprint density at radius 2 is 1.91 bits per heavy atom. The number of halogens is 1. The second-order valence-electron chi connectivity index (χ2n) is 5.22. The first-order chi connectivity index (χ1) is 11.1. The van der Waals surface area contributed by atoms with Crippen LogP contribution in [0.3, 0.4) is 0 Å². The van der Waals surface area contributed by atoms with E-state index in [1.165, 1.54) is 7.11 Å². The molecule has 4 heteroatoms. The van der Waals surface area contributed by atoms with E-state index in [-0.39, 0.29) is 5.97 Å². The van der Waals surface area contributed by atoms with Crippen LogP contribution in [0.2, 0.25) is 5.02 Å². The van der Waals surface area contributed by atoms with Gasteiger partial charge in [-0.2, -0.15) is 0 Å². The zero-order chi connectivity index (χ0) is 16.4. The van der Waals surface area contributed by atoms with Gasteiger partial charge in [-0.05, 0) is 30.2 Å². The average Bonchev–Trinajstić information content (AvgIpc) is 2.60. The smallest absolute Gasteiger partial charge is 0.338 e. The van der Waals surface area contributed by atoms with Crippen molar-refractivity contribution in [3.8, 4) is 11.3 Å². The maximum atomic E-state index is 12.2. The van der Waals surface area contributed by atoms with Crippen LogP contribution in [0.25, 0.3) is 22.2 Å². The van der Waals surface area contributed by atoms with E-state index < -0.39 is 0 Å². The minimum absolute atomic E-state index is 0.360. The number of pyridine rings is 1. The molecule has 0 aliphatic carbocycles. The standard InChI is InChI=1S/C19H16ClNO2/c1-3-12-5-4-6-15-16(19(22)23-2)11-17(21-18(12)15)13-7-9-14(20)10-8-13/h4-11H,3H2,1-2H3. The molecule has 1 heterocycles. The normalized spacial score (nSPS) is 10.7. The van der Waals surface area contributed by atoms with Crippen LogP contribution in [0.5, 0.6) is 0 Å². The van der Waals surface area contributed by atoms with Gasteiger partial charge in [0.25, 0.3) is 0 Å². The summed E-state index contributed by atoms with van der Waals surface area (Å²) < 4.78 is 4.94. The van der Waals surface area contributed by atoms with Crippen molar-refractivity contribution in [1.82, 2.24) is 4.98 Å². The third-order valence-electron chi connectivity index (χ3n) is 3.85. The Labute approximate surface area is 139 Å². The van der Waals surface area contributed by atoms with Crippen molar-refractivity contribution in [2.45, 2.75) is 13.3 Å². The molecular weight excluding hydrogens is 310 g/mol. The number of para-hydroxylation sites is 1. The monoisotopic (exact) mass is 325 g/mol. The Morgan fingerprint density at radius 3 is 2.57 bits per heavy atom. The van der Waals surface area contributed by atoms with Gasteiger partial charge in [-0.25, -0.2) is 9.78 Å². The lowest BCUT2D eigenvalue weighted by Gasteiger charge is -2.11. The van der Waals surface area contributed by atoms with Gasteiger partial charge in [0.1, 0.15) is 0 Å². The van der Waals surface area contributed by atoms with E-state index in [2.05, 4.69) is 6.92 Å². The van der Waals surface area contributed by atoms with Crippen molar-refractivity contribution in [2.75, 3.05) is 7.11 Å². The minimum Gasteiger partial charge on any atom is -0.465 e. The number of aromatic nitrogens is 1. The number of hydrogen-bond donors (Lipinski definition) is 0. The maximum absolute atomic E-state index is 12.2. The van der Waals surface area contributed by atoms with E-state index in [1.807, 2.05) is 42.5 Å². The van der Waals surface area contributed by atoms with Crippen LogP contribution in [-0.2, 0) is 11.2 Å². The molecule has 0 amide bonds. The fraction of sp³-hybridized carbons (Fsp3) is 0.158. The highest BCUT2D eigenvalue weighted by atomic mass is 35.5. The topological polar surface area (TPSA) is 39.2 Å². The quantitative estimate of drug-likeness (QED) is 0.643. The fourth-order valence-electron chi connectivity index (χ4n) is 2.64. The highest BCUT2D eigenvalue weighted by molar-refractivity contribution is 6.30. The summed E-state index contributed by atoms with van der Waals surface area (Å²) >= 11 is 5.95. The van der Waals surface area contributed by atoms with E-state index in [4.69, 9.17) is 21.3 Å². The summed E-state index contributed by atoms with van der Waals surface area (Å²) in [6.45, 7) is 2.07. The molecule has 116 valence electrons. The molecule has 0 bridgehead atoms. The molecule has 3 rings (SSSR count). The Bertz CT molecular complexity index is 872. The summed E-state index contributed by atoms with van der Waals surface area (Å²) in [5, 5.41) is 1.48. The first-order valence-corrected chi connectivity index (χ1v) is 7.78. The van der Waals surface area contributed by atoms with E-state index >= 15 is 0 Å². The minimum atomic E-state index is -0.360. The van der Waals surface area contributed by atoms with Gasteiger partial charge in [0.2, 0.25) is 0 Å². The molecule has 0 atom stereocenters. The molecule has 23 heavy (non-hydrogen) atoms. The Balaban J connectivity index is 2.31. The van der Waals surface area contributed by atoms with E-state index in [0.717, 1.165) is 34.1 Å². The molecule has 0 N–H and O–H groups in total. The van der Waals surface area contributed by atoms with Gasteiger partial charge in [0, 0.05) is 16.0 Å². The first kappa shape index (κ1) is 15.5. The molecule has 0 spiro atoms. The van der Waals surface area contributed by atoms with Crippen LogP contribution in [0.1, 0.15) is 22.8 Å². The first-order valence-electron chi connectivity index (χ1n) is 7.41. The van der Waals surface area contributed by atoms with Gasteiger partial charge in [-0.1, -0.05) is 48.9 Å². The lowest BCUT2D eigenvalue weighted by Crippen LogP contribution is -2.04. The second-order valence-corrected chi connectivity index (χ2v) is 5.66. The van der Waals surface area contributed by atoms with Crippen LogP contribution < -0.4 is 0 Å². The van der Waals surface area contributed by atoms with Gasteiger partial charge in [0.15, 0.2) is 0 Å². The third kappa shape index (κ3) is 2.92. The zero-order valence-electron chi connectivity index (χ0n) is 13.0. The molecule has 0 aliphatic rings. The third-order valence-corrected chi connectivity index (χ3v) is 4.10. The van der Waals surface area contributed by atoms with E-state index in [0.29, 0.717) is 10.6 Å². The van der Waals surface area contributed by atoms with Crippen molar-refractivity contribution in [3.63, 3.8) is 0 Å². The average molecular weight is 326 g/mol. The van der Waals surface area contributed by atoms with Gasteiger partial charge in [-0.15, -0.1) is 0 Å². The number of benzene rings is 2. The number of hydrogen-bond acceptors (Lipinski definition) is 3. The molecule has 0 fully saturated rings. The lowest BCUT2D eigenvalue weighted by atomic mass is 10.0. The van der Waals surface area contributed by atoms with Crippen molar-refractivity contribution in [3.05, 3.63) is 64.7 Å². The van der Waals surface area contributed by atoms with Crippen molar-refractivity contribution in [2.24, 2.45) is 0 Å². The summed E-state index contributed by atoms with van der Waals surface area (Å²) in [4.78, 5) is 17.0. The van der Waals surface area contributed by atoms with Crippen molar-refractivity contribution >= 4 is 28.5 Å². The largest absolute Gasteiger partial charge is 0.465 e. The van der Waals surface area contributed by atoms with E-state index in [1.54, 1.807) is 6.07 Å². The van der Waals surface area contributed by atoms with Crippen LogP contribution in [-0.4, -0.2) is 18.1 Å². The molecule has 0 saturated carbocycles. The number of carbonyl (C=O) groups excluding carboxylic acids is 1. The molecule has 0 unspecified atom stereocenters. The summed E-state index contributed by atoms with van der Waals surface area (Å²) in [6, 6.07) is 15.1. The number of fused-ring (bicyclic) bond motifs is 1. The number of methoxy groups -OCH3 is 1. The molecule has 3 nitrogen and oxygen atoms in total. The Morgan fingerprint density at radius 1 is 1.17 bits per heavy atom. The predicted molar refractivity (Wildman–Crippen MR) is 92.9 cm³/mol. The van der Waals surface area contributed by atoms with Gasteiger partial charge in [0.05, 0.1) is 23.9 Å². The fourth-order valence-corrected chi connectivity index (χ4v) is 2.77. The van der Waals surface area contributed by atoms with Gasteiger partial charge in [-0.3, -0.25) is 0 Å². The van der Waals surface area contributed by atoms with E-state index in [9.17, 15) is 4.79 Å². The van der Waals surface area contributed by atoms with Crippen LogP contribution >= 0.6 is 11.6 Å². The van der Waals surface area contributed by atoms with Crippen molar-refractivity contribution in [1.29, 1.82) is 0 Å². The van der Waals surface area contributed by atoms with Crippen LogP contribution in [0, 0.1) is 0 Å². The highest BCUT2D eigenvalue weighted by Crippen LogP contribution is 2.28. The number of ether oxygens (including phenoxy) is 1. The SMILES string of the molecule is CCc1cccc2c(C(=O)OC)cc(-c3ccc(Cl)cc3)nc12. The highest BCUT2D eigenvalue weighted by Gasteiger charge is 2.15. The Hall–Kier alpha value is -2.39. The van der Waals surface area contributed by atoms with Crippen LogP contribution in [0.4, 0.5) is 0 Å². The zero-order valence-corrected chi connectivity index (χ0v) is 13.7. The number of aryl methyl sites for hydroxylation is 1. The molecule has 3 aromatic rings. The van der Waals surface area contributed by atoms with Crippen molar-refractivity contribution < 1.29 is 9.53 Å². The summed E-state index contributed by atoms with van der Waals surface area (Å²) in [5.74, 6) is -0.360. The molecular formula is C19H16ClNO2. The predicted octanol–water partition coefficient (Wildman–Crippen LogP) is 4.90. The number of carbonyl (C=O) groups is 1.